The average molecular weight is 519 g/mol. The van der Waals surface area contributed by atoms with Crippen LogP contribution in [0.1, 0.15) is 16.7 Å². The molecule has 0 saturated carbocycles. The molecule has 0 aliphatic heterocycles. The fraction of sp³-hybridized carbons (Fsp3) is 0.350. The maximum Gasteiger partial charge on any atom is 0.191 e. The van der Waals surface area contributed by atoms with Gasteiger partial charge in [-0.2, -0.15) is 11.8 Å². The first-order chi connectivity index (χ1) is 13.1. The Morgan fingerprint density at radius 2 is 1.71 bits per heavy atom. The number of ether oxygens (including phenoxy) is 2. The van der Waals surface area contributed by atoms with E-state index < -0.39 is 0 Å². The van der Waals surface area contributed by atoms with Crippen molar-refractivity contribution in [1.29, 1.82) is 0 Å². The number of aliphatic imine (C=N–C) groups is 1. The number of nitrogens with zero attached hydrogens (tertiary/aromatic N) is 1. The molecule has 0 bridgehead atoms. The Morgan fingerprint density at radius 1 is 1.00 bits per heavy atom. The van der Waals surface area contributed by atoms with E-state index in [4.69, 9.17) is 9.47 Å². The molecule has 0 heterocycles. The minimum absolute atomic E-state index is 0. The van der Waals surface area contributed by atoms with Crippen LogP contribution in [-0.4, -0.2) is 33.5 Å². The molecule has 0 aliphatic carbocycles. The van der Waals surface area contributed by atoms with Crippen molar-refractivity contribution in [3.05, 3.63) is 58.9 Å². The zero-order chi connectivity index (χ0) is 19.6. The Bertz CT molecular complexity index is 790. The van der Waals surface area contributed by atoms with Gasteiger partial charge in [0.25, 0.3) is 0 Å². The summed E-state index contributed by atoms with van der Waals surface area (Å²) in [4.78, 5) is 4.25. The molecule has 28 heavy (non-hydrogen) atoms. The van der Waals surface area contributed by atoms with Crippen LogP contribution in [0.25, 0.3) is 0 Å². The molecule has 2 aromatic carbocycles. The molecule has 0 atom stereocenters. The molecule has 0 aromatic heterocycles. The molecular weight excluding hydrogens is 492 g/mol. The largest absolute Gasteiger partial charge is 0.493 e. The second kappa shape index (κ2) is 12.7. The molecule has 0 saturated heterocycles. The zero-order valence-electron chi connectivity index (χ0n) is 16.5. The number of hydrogen-bond acceptors (Lipinski definition) is 4. The van der Waals surface area contributed by atoms with Gasteiger partial charge in [0.1, 0.15) is 5.82 Å². The number of hydrogen-bond donors (Lipinski definition) is 2. The molecule has 0 amide bonds. The van der Waals surface area contributed by atoms with Gasteiger partial charge in [-0.25, -0.2) is 4.39 Å². The smallest absolute Gasteiger partial charge is 0.191 e. The summed E-state index contributed by atoms with van der Waals surface area (Å²) >= 11 is 1.67. The van der Waals surface area contributed by atoms with Crippen LogP contribution < -0.4 is 20.1 Å². The summed E-state index contributed by atoms with van der Waals surface area (Å²) in [5, 5.41) is 6.55. The van der Waals surface area contributed by atoms with Crippen LogP contribution in [0, 0.1) is 5.82 Å². The van der Waals surface area contributed by atoms with Crippen molar-refractivity contribution in [1.82, 2.24) is 10.6 Å². The normalized spacial score (nSPS) is 10.8. The Kier molecular flexibility index (Phi) is 11.1. The van der Waals surface area contributed by atoms with Crippen molar-refractivity contribution in [3.8, 4) is 11.5 Å². The minimum Gasteiger partial charge on any atom is -0.493 e. The predicted octanol–water partition coefficient (Wildman–Crippen LogP) is 4.19. The van der Waals surface area contributed by atoms with Crippen LogP contribution >= 0.6 is 35.7 Å². The summed E-state index contributed by atoms with van der Waals surface area (Å²) in [6.07, 6.45) is 2.01. The van der Waals surface area contributed by atoms with Gasteiger partial charge in [-0.1, -0.05) is 12.1 Å². The van der Waals surface area contributed by atoms with Gasteiger partial charge >= 0.3 is 0 Å². The van der Waals surface area contributed by atoms with Gasteiger partial charge in [0, 0.05) is 25.9 Å². The van der Waals surface area contributed by atoms with E-state index in [1.165, 1.54) is 6.07 Å². The lowest BCUT2D eigenvalue weighted by Crippen LogP contribution is -2.36. The molecule has 0 unspecified atom stereocenters. The van der Waals surface area contributed by atoms with Crippen LogP contribution in [0.5, 0.6) is 11.5 Å². The molecule has 0 aliphatic rings. The van der Waals surface area contributed by atoms with Crippen LogP contribution in [0.4, 0.5) is 4.39 Å². The quantitative estimate of drug-likeness (QED) is 0.311. The second-order valence-corrected chi connectivity index (χ2v) is 6.68. The number of benzene rings is 2. The number of thioether (sulfide) groups is 1. The Balaban J connectivity index is 0.00000392. The van der Waals surface area contributed by atoms with Crippen LogP contribution in [0.2, 0.25) is 0 Å². The molecule has 5 nitrogen and oxygen atoms in total. The topological polar surface area (TPSA) is 54.9 Å². The predicted molar refractivity (Wildman–Crippen MR) is 126 cm³/mol. The fourth-order valence-electron chi connectivity index (χ4n) is 2.63. The van der Waals surface area contributed by atoms with E-state index in [0.29, 0.717) is 30.5 Å². The van der Waals surface area contributed by atoms with Gasteiger partial charge in [0.2, 0.25) is 0 Å². The first kappa shape index (κ1) is 24.4. The molecule has 8 heteroatoms. The minimum atomic E-state index is -0.209. The Hall–Kier alpha value is -1.68. The maximum atomic E-state index is 13.5. The van der Waals surface area contributed by atoms with E-state index in [1.54, 1.807) is 39.1 Å². The third kappa shape index (κ3) is 7.05. The third-order valence-corrected chi connectivity index (χ3v) is 4.65. The zero-order valence-corrected chi connectivity index (χ0v) is 19.7. The highest BCUT2D eigenvalue weighted by atomic mass is 127. The van der Waals surface area contributed by atoms with Gasteiger partial charge in [-0.3, -0.25) is 4.99 Å². The van der Waals surface area contributed by atoms with E-state index in [2.05, 4.69) is 15.6 Å². The van der Waals surface area contributed by atoms with Crippen molar-refractivity contribution in [3.63, 3.8) is 0 Å². The van der Waals surface area contributed by atoms with Gasteiger partial charge in [-0.05, 0) is 47.2 Å². The van der Waals surface area contributed by atoms with Crippen molar-refractivity contribution in [2.24, 2.45) is 4.99 Å². The third-order valence-electron chi connectivity index (χ3n) is 4.05. The summed E-state index contributed by atoms with van der Waals surface area (Å²) in [7, 11) is 4.95. The van der Waals surface area contributed by atoms with Gasteiger partial charge in [-0.15, -0.1) is 24.0 Å². The lowest BCUT2D eigenvalue weighted by molar-refractivity contribution is 0.354. The van der Waals surface area contributed by atoms with Crippen molar-refractivity contribution in [2.75, 3.05) is 27.5 Å². The molecule has 2 rings (SSSR count). The summed E-state index contributed by atoms with van der Waals surface area (Å²) in [6.45, 7) is 1.16. The van der Waals surface area contributed by atoms with E-state index in [0.717, 1.165) is 22.4 Å². The van der Waals surface area contributed by atoms with Gasteiger partial charge < -0.3 is 20.1 Å². The number of nitrogens with one attached hydrogen (secondary N) is 2. The van der Waals surface area contributed by atoms with Crippen molar-refractivity contribution < 1.29 is 13.9 Å². The lowest BCUT2D eigenvalue weighted by atomic mass is 10.1. The Labute approximate surface area is 187 Å². The van der Waals surface area contributed by atoms with E-state index >= 15 is 0 Å². The van der Waals surface area contributed by atoms with Crippen LogP contribution in [0.3, 0.4) is 0 Å². The van der Waals surface area contributed by atoms with Crippen molar-refractivity contribution in [2.45, 2.75) is 18.8 Å². The highest BCUT2D eigenvalue weighted by Crippen LogP contribution is 2.27. The summed E-state index contributed by atoms with van der Waals surface area (Å²) in [5.41, 5.74) is 3.09. The highest BCUT2D eigenvalue weighted by molar-refractivity contribution is 14.0. The standard InChI is InChI=1S/C20H26FN3O2S.HI/c1-22-20(23-11-14-5-8-18(25-2)19(9-14)26-3)24-12-15-6-7-17(21)10-16(15)13-27-4;/h5-10H,11-13H2,1-4H3,(H2,22,23,24);1H. The molecule has 2 aromatic rings. The van der Waals surface area contributed by atoms with E-state index in [-0.39, 0.29) is 29.8 Å². The average Bonchev–Trinajstić information content (AvgIpc) is 2.69. The van der Waals surface area contributed by atoms with Crippen LogP contribution in [-0.2, 0) is 18.8 Å². The Morgan fingerprint density at radius 3 is 2.36 bits per heavy atom. The summed E-state index contributed by atoms with van der Waals surface area (Å²) in [6, 6.07) is 10.7. The fourth-order valence-corrected chi connectivity index (χ4v) is 3.21. The summed E-state index contributed by atoms with van der Waals surface area (Å²) in [5.74, 6) is 2.61. The van der Waals surface area contributed by atoms with E-state index in [1.807, 2.05) is 30.5 Å². The first-order valence-electron chi connectivity index (χ1n) is 8.53. The lowest BCUT2D eigenvalue weighted by Gasteiger charge is -2.15. The molecule has 0 spiro atoms. The first-order valence-corrected chi connectivity index (χ1v) is 9.92. The molecular formula is C20H27FIN3O2S. The van der Waals surface area contributed by atoms with Crippen molar-refractivity contribution >= 4 is 41.7 Å². The number of rotatable bonds is 8. The molecule has 0 fully saturated rings. The maximum absolute atomic E-state index is 13.5. The number of guanidine groups is 1. The number of methoxy groups -OCH3 is 2. The van der Waals surface area contributed by atoms with Gasteiger partial charge in [0.15, 0.2) is 17.5 Å². The van der Waals surface area contributed by atoms with Gasteiger partial charge in [0.05, 0.1) is 14.2 Å². The SMILES string of the molecule is CN=C(NCc1ccc(OC)c(OC)c1)NCc1ccc(F)cc1CSC.I. The molecule has 154 valence electrons. The molecule has 2 N–H and O–H groups in total. The second-order valence-electron chi connectivity index (χ2n) is 5.81. The highest BCUT2D eigenvalue weighted by Gasteiger charge is 2.07. The number of halogens is 2. The van der Waals surface area contributed by atoms with E-state index in [9.17, 15) is 4.39 Å². The monoisotopic (exact) mass is 519 g/mol. The molecule has 0 radical (unpaired) electrons. The summed E-state index contributed by atoms with van der Waals surface area (Å²) < 4.78 is 24.1. The van der Waals surface area contributed by atoms with Crippen LogP contribution in [0.15, 0.2) is 41.4 Å².